The SMILES string of the molecule is C=C1/C=C/[C@@H]([C@H](C)C(=C)C)OC(=O)C[C@@]2(O)O[C@@H](CC(=C)[C@H]2C)[C@@H]2O[C@@H]2C1. The van der Waals surface area contributed by atoms with Gasteiger partial charge >= 0.3 is 5.97 Å². The van der Waals surface area contributed by atoms with Crippen molar-refractivity contribution in [3.63, 3.8) is 0 Å². The minimum atomic E-state index is -1.64. The number of allylic oxidation sites excluding steroid dienone is 1. The average molecular weight is 374 g/mol. The first-order chi connectivity index (χ1) is 12.6. The number of rotatable bonds is 2. The van der Waals surface area contributed by atoms with Gasteiger partial charge in [-0.1, -0.05) is 56.4 Å². The maximum Gasteiger partial charge on any atom is 0.311 e. The van der Waals surface area contributed by atoms with E-state index in [-0.39, 0.29) is 36.6 Å². The van der Waals surface area contributed by atoms with Crippen LogP contribution in [-0.2, 0) is 19.0 Å². The Balaban J connectivity index is 1.89. The molecule has 0 aromatic heterocycles. The molecule has 0 amide bonds. The van der Waals surface area contributed by atoms with E-state index in [1.807, 2.05) is 32.9 Å². The van der Waals surface area contributed by atoms with E-state index in [2.05, 4.69) is 19.7 Å². The van der Waals surface area contributed by atoms with Gasteiger partial charge in [-0.2, -0.15) is 0 Å². The summed E-state index contributed by atoms with van der Waals surface area (Å²) in [5.41, 5.74) is 2.66. The molecule has 0 spiro atoms. The van der Waals surface area contributed by atoms with Gasteiger partial charge in [0.1, 0.15) is 18.6 Å². The van der Waals surface area contributed by atoms with Crippen LogP contribution in [0.4, 0.5) is 0 Å². The highest BCUT2D eigenvalue weighted by atomic mass is 16.7. The molecule has 3 heterocycles. The highest BCUT2D eigenvalue weighted by Crippen LogP contribution is 2.44. The molecular formula is C22H30O5. The summed E-state index contributed by atoms with van der Waals surface area (Å²) in [6.07, 6.45) is 3.84. The number of hydrogen-bond donors (Lipinski definition) is 1. The Morgan fingerprint density at radius 2 is 2.04 bits per heavy atom. The van der Waals surface area contributed by atoms with Crippen molar-refractivity contribution in [2.45, 2.75) is 70.2 Å². The Morgan fingerprint density at radius 1 is 1.33 bits per heavy atom. The topological polar surface area (TPSA) is 68.3 Å². The Bertz CT molecular complexity index is 693. The molecule has 3 aliphatic heterocycles. The Morgan fingerprint density at radius 3 is 2.70 bits per heavy atom. The molecule has 0 saturated carbocycles. The summed E-state index contributed by atoms with van der Waals surface area (Å²) in [5.74, 6) is -2.58. The Labute approximate surface area is 161 Å². The molecule has 3 aliphatic rings. The molecule has 7 atom stereocenters. The van der Waals surface area contributed by atoms with Crippen LogP contribution in [0.5, 0.6) is 0 Å². The predicted octanol–water partition coefficient (Wildman–Crippen LogP) is 3.45. The molecule has 5 heteroatoms. The smallest absolute Gasteiger partial charge is 0.311 e. The highest BCUT2D eigenvalue weighted by molar-refractivity contribution is 5.71. The van der Waals surface area contributed by atoms with Crippen LogP contribution in [0.25, 0.3) is 0 Å². The summed E-state index contributed by atoms with van der Waals surface area (Å²) in [5, 5.41) is 11.1. The fourth-order valence-electron chi connectivity index (χ4n) is 3.73. The lowest BCUT2D eigenvalue weighted by atomic mass is 9.83. The maximum atomic E-state index is 12.6. The second-order valence-electron chi connectivity index (χ2n) is 8.21. The normalized spacial score (nSPS) is 41.9. The molecule has 0 aromatic carbocycles. The molecular weight excluding hydrogens is 344 g/mol. The van der Waals surface area contributed by atoms with E-state index in [1.54, 1.807) is 0 Å². The van der Waals surface area contributed by atoms with E-state index in [4.69, 9.17) is 14.2 Å². The third-order valence-corrected chi connectivity index (χ3v) is 6.02. The standard InChI is InChI=1S/C22H30O5/c1-12(2)15(5)17-8-7-13(3)9-18-21(26-18)19-10-14(4)16(6)22(24,27-19)11-20(23)25-17/h7-8,15-19,21,24H,1,3-4,9-11H2,2,5-6H3/b8-7+/t15-,16-,17+,18-,19+,21-,22-/m1/s1. The van der Waals surface area contributed by atoms with E-state index < -0.39 is 17.9 Å². The van der Waals surface area contributed by atoms with Crippen molar-refractivity contribution in [2.24, 2.45) is 11.8 Å². The fourth-order valence-corrected chi connectivity index (χ4v) is 3.73. The number of cyclic esters (lactones) is 1. The van der Waals surface area contributed by atoms with Crippen LogP contribution >= 0.6 is 0 Å². The van der Waals surface area contributed by atoms with Gasteiger partial charge in [-0.25, -0.2) is 0 Å². The van der Waals surface area contributed by atoms with Crippen LogP contribution < -0.4 is 0 Å². The number of carbonyl (C=O) groups is 1. The summed E-state index contributed by atoms with van der Waals surface area (Å²) in [6.45, 7) is 17.8. The monoisotopic (exact) mass is 374 g/mol. The zero-order chi connectivity index (χ0) is 19.9. The van der Waals surface area contributed by atoms with Crippen LogP contribution in [0.15, 0.2) is 48.6 Å². The first-order valence-corrected chi connectivity index (χ1v) is 9.55. The molecule has 27 heavy (non-hydrogen) atoms. The first kappa shape index (κ1) is 20.1. The minimum Gasteiger partial charge on any atom is -0.457 e. The summed E-state index contributed by atoms with van der Waals surface area (Å²) >= 11 is 0. The number of carbonyl (C=O) groups excluding carboxylic acids is 1. The minimum absolute atomic E-state index is 0.00647. The van der Waals surface area contributed by atoms with Gasteiger partial charge in [0.15, 0.2) is 5.79 Å². The van der Waals surface area contributed by atoms with Gasteiger partial charge in [0.2, 0.25) is 0 Å². The van der Waals surface area contributed by atoms with Crippen molar-refractivity contribution in [1.29, 1.82) is 0 Å². The third kappa shape index (κ3) is 4.26. The van der Waals surface area contributed by atoms with E-state index in [9.17, 15) is 9.90 Å². The number of fused-ring (bicyclic) bond motifs is 4. The number of epoxide rings is 1. The molecule has 0 aliphatic carbocycles. The largest absolute Gasteiger partial charge is 0.457 e. The van der Waals surface area contributed by atoms with Gasteiger partial charge in [-0.3, -0.25) is 4.79 Å². The highest BCUT2D eigenvalue weighted by Gasteiger charge is 2.53. The van der Waals surface area contributed by atoms with Crippen LogP contribution in [0, 0.1) is 11.8 Å². The molecule has 0 aromatic rings. The lowest BCUT2D eigenvalue weighted by Gasteiger charge is -2.42. The quantitative estimate of drug-likeness (QED) is 0.455. The average Bonchev–Trinajstić information content (AvgIpc) is 3.33. The maximum absolute atomic E-state index is 12.6. The summed E-state index contributed by atoms with van der Waals surface area (Å²) in [4.78, 5) is 12.6. The summed E-state index contributed by atoms with van der Waals surface area (Å²) < 4.78 is 17.4. The molecule has 5 nitrogen and oxygen atoms in total. The lowest BCUT2D eigenvalue weighted by molar-refractivity contribution is -0.271. The van der Waals surface area contributed by atoms with Crippen molar-refractivity contribution in [2.75, 3.05) is 0 Å². The number of aliphatic hydroxyl groups is 1. The third-order valence-electron chi connectivity index (χ3n) is 6.02. The van der Waals surface area contributed by atoms with Gasteiger partial charge in [0.05, 0.1) is 12.2 Å². The molecule has 0 radical (unpaired) electrons. The molecule has 2 saturated heterocycles. The lowest BCUT2D eigenvalue weighted by Crippen LogP contribution is -2.51. The number of esters is 1. The van der Waals surface area contributed by atoms with Gasteiger partial charge in [0.25, 0.3) is 0 Å². The van der Waals surface area contributed by atoms with Crippen molar-refractivity contribution >= 4 is 5.97 Å². The molecule has 148 valence electrons. The van der Waals surface area contributed by atoms with Gasteiger partial charge in [-0.05, 0) is 19.4 Å². The molecule has 1 N–H and O–H groups in total. The Hall–Kier alpha value is -1.69. The second kappa shape index (κ2) is 7.38. The zero-order valence-electron chi connectivity index (χ0n) is 16.4. The molecule has 2 fully saturated rings. The van der Waals surface area contributed by atoms with E-state index in [0.717, 1.165) is 16.7 Å². The summed E-state index contributed by atoms with van der Waals surface area (Å²) in [7, 11) is 0. The van der Waals surface area contributed by atoms with Crippen molar-refractivity contribution in [1.82, 2.24) is 0 Å². The van der Waals surface area contributed by atoms with Crippen LogP contribution in [-0.4, -0.2) is 41.3 Å². The Kier molecular flexibility index (Phi) is 5.48. The summed E-state index contributed by atoms with van der Waals surface area (Å²) in [6, 6.07) is 0. The van der Waals surface area contributed by atoms with Gasteiger partial charge < -0.3 is 19.3 Å². The first-order valence-electron chi connectivity index (χ1n) is 9.55. The van der Waals surface area contributed by atoms with E-state index >= 15 is 0 Å². The molecule has 0 unspecified atom stereocenters. The molecule has 3 rings (SSSR count). The van der Waals surface area contributed by atoms with Crippen molar-refractivity contribution in [3.05, 3.63) is 48.6 Å². The number of hydrogen-bond acceptors (Lipinski definition) is 5. The van der Waals surface area contributed by atoms with Crippen LogP contribution in [0.3, 0.4) is 0 Å². The predicted molar refractivity (Wildman–Crippen MR) is 103 cm³/mol. The van der Waals surface area contributed by atoms with Crippen LogP contribution in [0.1, 0.15) is 40.0 Å². The van der Waals surface area contributed by atoms with Crippen molar-refractivity contribution < 1.29 is 24.1 Å². The van der Waals surface area contributed by atoms with Gasteiger partial charge in [0, 0.05) is 18.3 Å². The molecule has 2 bridgehead atoms. The second-order valence-corrected chi connectivity index (χ2v) is 8.21. The van der Waals surface area contributed by atoms with E-state index in [0.29, 0.717) is 12.8 Å². The number of ether oxygens (including phenoxy) is 3. The zero-order valence-corrected chi connectivity index (χ0v) is 16.4. The van der Waals surface area contributed by atoms with Gasteiger partial charge in [-0.15, -0.1) is 0 Å². The van der Waals surface area contributed by atoms with Crippen LogP contribution in [0.2, 0.25) is 0 Å². The fraction of sp³-hybridized carbons (Fsp3) is 0.591. The van der Waals surface area contributed by atoms with Crippen molar-refractivity contribution in [3.8, 4) is 0 Å². The van der Waals surface area contributed by atoms with E-state index in [1.165, 1.54) is 0 Å².